The summed E-state index contributed by atoms with van der Waals surface area (Å²) in [5.74, 6) is 0.307. The van der Waals surface area contributed by atoms with Crippen LogP contribution in [0.2, 0.25) is 4.82 Å². The number of benzene rings is 1. The first-order valence-electron chi connectivity index (χ1n) is 7.63. The molecular weight excluding hydrogens is 345 g/mol. The molecule has 0 saturated carbocycles. The molecule has 0 radical (unpaired) electrons. The zero-order valence-electron chi connectivity index (χ0n) is 13.5. The van der Waals surface area contributed by atoms with Crippen molar-refractivity contribution in [2.75, 3.05) is 6.61 Å². The molecule has 0 spiro atoms. The maximum absolute atomic E-state index is 13.0. The molecule has 2 atom stereocenters. The Bertz CT molecular complexity index is 530. The van der Waals surface area contributed by atoms with Gasteiger partial charge < -0.3 is 0 Å². The number of amides is 2. The van der Waals surface area contributed by atoms with Crippen molar-refractivity contribution in [1.82, 2.24) is 4.90 Å². The number of cyclic esters (lactones) is 1. The van der Waals surface area contributed by atoms with Crippen molar-refractivity contribution in [2.45, 2.75) is 38.6 Å². The fourth-order valence-electron chi connectivity index (χ4n) is 2.43. The van der Waals surface area contributed by atoms with Crippen LogP contribution in [0.4, 0.5) is 4.79 Å². The molecular formula is C17H23NO3Se. The summed E-state index contributed by atoms with van der Waals surface area (Å²) < 4.78 is 6.29. The molecule has 1 aliphatic rings. The average molecular weight is 368 g/mol. The van der Waals surface area contributed by atoms with Gasteiger partial charge in [-0.15, -0.1) is 0 Å². The Morgan fingerprint density at radius 3 is 2.41 bits per heavy atom. The first-order valence-corrected chi connectivity index (χ1v) is 9.48. The fraction of sp³-hybridized carbons (Fsp3) is 0.529. The van der Waals surface area contributed by atoms with E-state index in [0.29, 0.717) is 6.61 Å². The summed E-state index contributed by atoms with van der Waals surface area (Å²) in [5, 5.41) is 0. The van der Waals surface area contributed by atoms with E-state index >= 15 is 0 Å². The van der Waals surface area contributed by atoms with Crippen LogP contribution in [0.1, 0.15) is 27.7 Å². The Morgan fingerprint density at radius 1 is 1.23 bits per heavy atom. The van der Waals surface area contributed by atoms with Crippen LogP contribution in [-0.4, -0.2) is 44.5 Å². The van der Waals surface area contributed by atoms with Crippen molar-refractivity contribution in [1.29, 1.82) is 0 Å². The number of hydrogen-bond donors (Lipinski definition) is 0. The summed E-state index contributed by atoms with van der Waals surface area (Å²) >= 11 is -0.00307. The molecule has 120 valence electrons. The summed E-state index contributed by atoms with van der Waals surface area (Å²) in [6.45, 7) is 8.42. The molecule has 1 heterocycles. The molecule has 1 aromatic carbocycles. The molecule has 5 heteroatoms. The summed E-state index contributed by atoms with van der Waals surface area (Å²) in [6.07, 6.45) is -0.488. The van der Waals surface area contributed by atoms with Crippen LogP contribution in [0.3, 0.4) is 0 Å². The maximum atomic E-state index is 13.0. The van der Waals surface area contributed by atoms with Crippen LogP contribution in [0.5, 0.6) is 0 Å². The number of carbonyl (C=O) groups is 2. The van der Waals surface area contributed by atoms with Crippen molar-refractivity contribution in [3.63, 3.8) is 0 Å². The van der Waals surface area contributed by atoms with E-state index in [1.165, 1.54) is 9.36 Å². The van der Waals surface area contributed by atoms with E-state index in [4.69, 9.17) is 4.74 Å². The van der Waals surface area contributed by atoms with Gasteiger partial charge in [-0.3, -0.25) is 0 Å². The van der Waals surface area contributed by atoms with E-state index in [1.807, 2.05) is 58.0 Å². The molecule has 0 unspecified atom stereocenters. The number of carbonyl (C=O) groups excluding carboxylic acids is 2. The second kappa shape index (κ2) is 7.30. The van der Waals surface area contributed by atoms with Crippen LogP contribution < -0.4 is 4.46 Å². The van der Waals surface area contributed by atoms with Gasteiger partial charge in [-0.05, 0) is 0 Å². The number of ether oxygens (including phenoxy) is 1. The van der Waals surface area contributed by atoms with E-state index in [2.05, 4.69) is 0 Å². The summed E-state index contributed by atoms with van der Waals surface area (Å²) in [7, 11) is 0. The minimum atomic E-state index is -0.488. The Balaban J connectivity index is 2.20. The topological polar surface area (TPSA) is 46.6 Å². The monoisotopic (exact) mass is 369 g/mol. The number of hydrogen-bond acceptors (Lipinski definition) is 3. The Morgan fingerprint density at radius 2 is 1.86 bits per heavy atom. The van der Waals surface area contributed by atoms with Gasteiger partial charge in [-0.2, -0.15) is 0 Å². The first-order chi connectivity index (χ1) is 10.4. The van der Waals surface area contributed by atoms with E-state index in [0.717, 1.165) is 0 Å². The molecule has 1 aromatic rings. The third kappa shape index (κ3) is 3.71. The molecule has 1 aliphatic heterocycles. The van der Waals surface area contributed by atoms with E-state index in [1.54, 1.807) is 0 Å². The van der Waals surface area contributed by atoms with Gasteiger partial charge in [0.25, 0.3) is 0 Å². The van der Waals surface area contributed by atoms with Gasteiger partial charge in [0.1, 0.15) is 0 Å². The number of nitrogens with zero attached hydrogens (tertiary/aromatic N) is 1. The molecule has 0 bridgehead atoms. The van der Waals surface area contributed by atoms with Crippen molar-refractivity contribution in [3.05, 3.63) is 30.3 Å². The van der Waals surface area contributed by atoms with Gasteiger partial charge in [-0.1, -0.05) is 0 Å². The predicted molar refractivity (Wildman–Crippen MR) is 87.2 cm³/mol. The predicted octanol–water partition coefficient (Wildman–Crippen LogP) is 2.46. The molecule has 1 fully saturated rings. The second-order valence-electron chi connectivity index (χ2n) is 6.19. The van der Waals surface area contributed by atoms with Crippen LogP contribution >= 0.6 is 0 Å². The van der Waals surface area contributed by atoms with E-state index in [-0.39, 0.29) is 43.6 Å². The van der Waals surface area contributed by atoms with Gasteiger partial charge in [0, 0.05) is 0 Å². The summed E-state index contributed by atoms with van der Waals surface area (Å²) in [5.41, 5.74) is 0. The van der Waals surface area contributed by atoms with Crippen molar-refractivity contribution in [3.8, 4) is 0 Å². The molecule has 4 nitrogen and oxygen atoms in total. The summed E-state index contributed by atoms with van der Waals surface area (Å²) in [4.78, 5) is 26.2. The van der Waals surface area contributed by atoms with Gasteiger partial charge in [0.05, 0.1) is 0 Å². The van der Waals surface area contributed by atoms with Gasteiger partial charge in [0.2, 0.25) is 0 Å². The molecule has 0 aliphatic carbocycles. The third-order valence-corrected chi connectivity index (χ3v) is 7.01. The summed E-state index contributed by atoms with van der Waals surface area (Å²) in [6, 6.07) is 9.89. The Kier molecular flexibility index (Phi) is 5.65. The molecule has 0 N–H and O–H groups in total. The van der Waals surface area contributed by atoms with Crippen molar-refractivity contribution >= 4 is 31.4 Å². The second-order valence-corrected chi connectivity index (χ2v) is 8.74. The molecule has 2 amide bonds. The third-order valence-electron chi connectivity index (χ3n) is 3.77. The molecule has 2 rings (SSSR count). The van der Waals surface area contributed by atoms with E-state index in [9.17, 15) is 9.59 Å². The van der Waals surface area contributed by atoms with Crippen LogP contribution in [0.25, 0.3) is 0 Å². The van der Waals surface area contributed by atoms with Crippen LogP contribution in [-0.2, 0) is 9.53 Å². The van der Waals surface area contributed by atoms with Gasteiger partial charge >= 0.3 is 138 Å². The Labute approximate surface area is 138 Å². The normalized spacial score (nSPS) is 19.6. The standard InChI is InChI=1S/C17H23NO3Se/c1-11(2)14-10-21-17(20)18(14)16(19)15(12(3)4)22-13-8-6-5-7-9-13/h5-9,11-12,14-15H,10H2,1-4H3/t14-,15+/m1/s1. The van der Waals surface area contributed by atoms with Crippen molar-refractivity contribution < 1.29 is 14.3 Å². The number of imide groups is 1. The minimum absolute atomic E-state index is 0.00307. The SMILES string of the molecule is CC(C)[C@H]([Se]c1ccccc1)C(=O)N1C(=O)OC[C@@H]1C(C)C. The quantitative estimate of drug-likeness (QED) is 0.750. The van der Waals surface area contributed by atoms with Crippen LogP contribution in [0, 0.1) is 11.8 Å². The van der Waals surface area contributed by atoms with Gasteiger partial charge in [0.15, 0.2) is 0 Å². The average Bonchev–Trinajstić information content (AvgIpc) is 2.87. The molecule has 1 saturated heterocycles. The van der Waals surface area contributed by atoms with Crippen molar-refractivity contribution in [2.24, 2.45) is 11.8 Å². The fourth-order valence-corrected chi connectivity index (χ4v) is 4.73. The van der Waals surface area contributed by atoms with E-state index < -0.39 is 6.09 Å². The number of rotatable bonds is 5. The molecule has 22 heavy (non-hydrogen) atoms. The first kappa shape index (κ1) is 17.0. The van der Waals surface area contributed by atoms with Gasteiger partial charge in [-0.25, -0.2) is 0 Å². The zero-order chi connectivity index (χ0) is 16.3. The molecule has 0 aromatic heterocycles. The zero-order valence-corrected chi connectivity index (χ0v) is 15.2. The Hall–Kier alpha value is -1.32. The van der Waals surface area contributed by atoms with Crippen LogP contribution in [0.15, 0.2) is 30.3 Å².